The maximum atomic E-state index is 12.1. The minimum absolute atomic E-state index is 0.129. The van der Waals surface area contributed by atoms with Gasteiger partial charge in [-0.1, -0.05) is 0 Å². The third kappa shape index (κ3) is 3.43. The van der Waals surface area contributed by atoms with E-state index in [2.05, 4.69) is 22.1 Å². The number of amides is 1. The van der Waals surface area contributed by atoms with Gasteiger partial charge in [0, 0.05) is 42.4 Å². The lowest BCUT2D eigenvalue weighted by Crippen LogP contribution is -2.41. The predicted octanol–water partition coefficient (Wildman–Crippen LogP) is 2.56. The van der Waals surface area contributed by atoms with Gasteiger partial charge in [-0.25, -0.2) is 0 Å². The van der Waals surface area contributed by atoms with Crippen LogP contribution in [0.5, 0.6) is 0 Å². The number of benzene rings is 1. The summed E-state index contributed by atoms with van der Waals surface area (Å²) >= 11 is 0. The number of anilines is 2. The molecule has 0 saturated carbocycles. The Hall–Kier alpha value is -2.40. The van der Waals surface area contributed by atoms with Gasteiger partial charge in [0.15, 0.2) is 0 Å². The molecule has 0 aliphatic carbocycles. The van der Waals surface area contributed by atoms with Crippen molar-refractivity contribution in [2.45, 2.75) is 13.0 Å². The molecule has 1 N–H and O–H groups in total. The molecule has 114 valence electrons. The van der Waals surface area contributed by atoms with E-state index in [0.717, 1.165) is 31.1 Å². The molecule has 5 heteroatoms. The van der Waals surface area contributed by atoms with E-state index in [-0.39, 0.29) is 12.0 Å². The lowest BCUT2D eigenvalue weighted by atomic mass is 10.2. The molecule has 1 aromatic carbocycles. The minimum atomic E-state index is -0.129. The van der Waals surface area contributed by atoms with Crippen LogP contribution >= 0.6 is 0 Å². The smallest absolute Gasteiger partial charge is 0.255 e. The summed E-state index contributed by atoms with van der Waals surface area (Å²) in [5.74, 6) is -0.129. The lowest BCUT2D eigenvalue weighted by Gasteiger charge is -2.33. The van der Waals surface area contributed by atoms with Crippen LogP contribution in [0.1, 0.15) is 17.3 Å². The first-order chi connectivity index (χ1) is 10.7. The zero-order valence-corrected chi connectivity index (χ0v) is 12.5. The van der Waals surface area contributed by atoms with Crippen LogP contribution in [0.15, 0.2) is 48.8 Å². The average molecular weight is 297 g/mol. The average Bonchev–Trinajstić information content (AvgIpc) is 2.56. The molecule has 1 atom stereocenters. The molecular weight excluding hydrogens is 278 g/mol. The summed E-state index contributed by atoms with van der Waals surface area (Å²) in [7, 11) is 0. The summed E-state index contributed by atoms with van der Waals surface area (Å²) < 4.78 is 5.55. The number of nitrogens with one attached hydrogen (secondary N) is 1. The number of ether oxygens (including phenoxy) is 1. The second-order valence-electron chi connectivity index (χ2n) is 5.36. The van der Waals surface area contributed by atoms with Crippen molar-refractivity contribution in [1.29, 1.82) is 0 Å². The van der Waals surface area contributed by atoms with Crippen LogP contribution in [0.25, 0.3) is 0 Å². The van der Waals surface area contributed by atoms with Gasteiger partial charge in [-0.05, 0) is 43.3 Å². The molecule has 1 aliphatic heterocycles. The first-order valence-electron chi connectivity index (χ1n) is 7.40. The summed E-state index contributed by atoms with van der Waals surface area (Å²) in [6, 6.07) is 11.3. The van der Waals surface area contributed by atoms with Crippen molar-refractivity contribution < 1.29 is 9.53 Å². The van der Waals surface area contributed by atoms with Crippen LogP contribution in [0.2, 0.25) is 0 Å². The van der Waals surface area contributed by atoms with Crippen molar-refractivity contribution in [3.05, 3.63) is 54.4 Å². The normalized spacial score (nSPS) is 18.0. The Balaban J connectivity index is 1.65. The third-order valence-electron chi connectivity index (χ3n) is 3.67. The zero-order chi connectivity index (χ0) is 15.4. The Kier molecular flexibility index (Phi) is 4.34. The number of hydrogen-bond donors (Lipinski definition) is 1. The fourth-order valence-electron chi connectivity index (χ4n) is 2.52. The highest BCUT2D eigenvalue weighted by Crippen LogP contribution is 2.20. The quantitative estimate of drug-likeness (QED) is 0.946. The van der Waals surface area contributed by atoms with Gasteiger partial charge in [-0.15, -0.1) is 0 Å². The van der Waals surface area contributed by atoms with Gasteiger partial charge in [0.25, 0.3) is 5.91 Å². The number of morpholine rings is 1. The van der Waals surface area contributed by atoms with Crippen LogP contribution < -0.4 is 10.2 Å². The number of hydrogen-bond acceptors (Lipinski definition) is 4. The van der Waals surface area contributed by atoms with Gasteiger partial charge in [0.05, 0.1) is 12.7 Å². The van der Waals surface area contributed by atoms with Gasteiger partial charge in [-0.2, -0.15) is 0 Å². The van der Waals surface area contributed by atoms with E-state index >= 15 is 0 Å². The molecule has 1 saturated heterocycles. The first kappa shape index (κ1) is 14.5. The molecule has 2 aromatic rings. The second-order valence-corrected chi connectivity index (χ2v) is 5.36. The van der Waals surface area contributed by atoms with Crippen molar-refractivity contribution in [1.82, 2.24) is 4.98 Å². The molecule has 0 bridgehead atoms. The minimum Gasteiger partial charge on any atom is -0.375 e. The maximum Gasteiger partial charge on any atom is 0.255 e. The maximum absolute atomic E-state index is 12.1. The number of rotatable bonds is 3. The van der Waals surface area contributed by atoms with Crippen LogP contribution in [0.3, 0.4) is 0 Å². The van der Waals surface area contributed by atoms with Crippen molar-refractivity contribution >= 4 is 17.3 Å². The Morgan fingerprint density at radius 1 is 1.23 bits per heavy atom. The molecule has 1 fully saturated rings. The molecular formula is C17H19N3O2. The van der Waals surface area contributed by atoms with Crippen LogP contribution in [0.4, 0.5) is 11.4 Å². The number of carbonyl (C=O) groups is 1. The van der Waals surface area contributed by atoms with Crippen LogP contribution in [-0.4, -0.2) is 36.7 Å². The second kappa shape index (κ2) is 6.58. The standard InChI is InChI=1S/C17H19N3O2/c1-13-12-20(10-11-22-13)16-4-2-15(3-5-16)19-17(21)14-6-8-18-9-7-14/h2-9,13H,10-12H2,1H3,(H,19,21). The van der Waals surface area contributed by atoms with E-state index in [1.54, 1.807) is 24.5 Å². The van der Waals surface area contributed by atoms with Crippen molar-refractivity contribution in [3.8, 4) is 0 Å². The molecule has 1 aromatic heterocycles. The molecule has 22 heavy (non-hydrogen) atoms. The topological polar surface area (TPSA) is 54.5 Å². The highest BCUT2D eigenvalue weighted by Gasteiger charge is 2.16. The van der Waals surface area contributed by atoms with E-state index in [4.69, 9.17) is 4.74 Å². The SMILES string of the molecule is CC1CN(c2ccc(NC(=O)c3ccncc3)cc2)CCO1. The Labute approximate surface area is 129 Å². The van der Waals surface area contributed by atoms with E-state index in [9.17, 15) is 4.79 Å². The Morgan fingerprint density at radius 2 is 1.95 bits per heavy atom. The van der Waals surface area contributed by atoms with Crippen molar-refractivity contribution in [2.24, 2.45) is 0 Å². The van der Waals surface area contributed by atoms with E-state index in [0.29, 0.717) is 5.56 Å². The Bertz CT molecular complexity index is 628. The van der Waals surface area contributed by atoms with Crippen molar-refractivity contribution in [3.63, 3.8) is 0 Å². The monoisotopic (exact) mass is 297 g/mol. The van der Waals surface area contributed by atoms with Gasteiger partial charge >= 0.3 is 0 Å². The molecule has 2 heterocycles. The molecule has 5 nitrogen and oxygen atoms in total. The summed E-state index contributed by atoms with van der Waals surface area (Å²) in [6.45, 7) is 4.62. The number of carbonyl (C=O) groups excluding carboxylic acids is 1. The highest BCUT2D eigenvalue weighted by atomic mass is 16.5. The number of nitrogens with zero attached hydrogens (tertiary/aromatic N) is 2. The van der Waals surface area contributed by atoms with E-state index in [1.165, 1.54) is 0 Å². The van der Waals surface area contributed by atoms with Gasteiger partial charge < -0.3 is 15.0 Å². The fourth-order valence-corrected chi connectivity index (χ4v) is 2.52. The summed E-state index contributed by atoms with van der Waals surface area (Å²) in [5.41, 5.74) is 2.53. The van der Waals surface area contributed by atoms with Gasteiger partial charge in [0.1, 0.15) is 0 Å². The largest absolute Gasteiger partial charge is 0.375 e. The van der Waals surface area contributed by atoms with Crippen LogP contribution in [0, 0.1) is 0 Å². The van der Waals surface area contributed by atoms with Crippen molar-refractivity contribution in [2.75, 3.05) is 29.9 Å². The predicted molar refractivity (Wildman–Crippen MR) is 86.3 cm³/mol. The molecule has 3 rings (SSSR count). The highest BCUT2D eigenvalue weighted by molar-refractivity contribution is 6.04. The third-order valence-corrected chi connectivity index (χ3v) is 3.67. The number of pyridine rings is 1. The van der Waals surface area contributed by atoms with E-state index in [1.807, 2.05) is 24.3 Å². The van der Waals surface area contributed by atoms with Gasteiger partial charge in [0.2, 0.25) is 0 Å². The fraction of sp³-hybridized carbons (Fsp3) is 0.294. The number of aromatic nitrogens is 1. The molecule has 1 unspecified atom stereocenters. The summed E-state index contributed by atoms with van der Waals surface area (Å²) in [5, 5.41) is 2.89. The summed E-state index contributed by atoms with van der Waals surface area (Å²) in [4.78, 5) is 18.3. The lowest BCUT2D eigenvalue weighted by molar-refractivity contribution is 0.0532. The summed E-state index contributed by atoms with van der Waals surface area (Å²) in [6.07, 6.45) is 3.47. The molecule has 0 spiro atoms. The molecule has 0 radical (unpaired) electrons. The molecule has 1 amide bonds. The first-order valence-corrected chi connectivity index (χ1v) is 7.40. The van der Waals surface area contributed by atoms with E-state index < -0.39 is 0 Å². The van der Waals surface area contributed by atoms with Gasteiger partial charge in [-0.3, -0.25) is 9.78 Å². The molecule has 1 aliphatic rings. The Morgan fingerprint density at radius 3 is 2.64 bits per heavy atom. The zero-order valence-electron chi connectivity index (χ0n) is 12.5. The van der Waals surface area contributed by atoms with Crippen LogP contribution in [-0.2, 0) is 4.74 Å².